The predicted octanol–water partition coefficient (Wildman–Crippen LogP) is 6.30. The van der Waals surface area contributed by atoms with E-state index in [0.29, 0.717) is 17.9 Å². The van der Waals surface area contributed by atoms with Crippen molar-refractivity contribution in [2.24, 2.45) is 0 Å². The summed E-state index contributed by atoms with van der Waals surface area (Å²) < 4.78 is 2.24. The average molecular weight is 508 g/mol. The van der Waals surface area contributed by atoms with Crippen molar-refractivity contribution in [3.05, 3.63) is 40.2 Å². The van der Waals surface area contributed by atoms with E-state index in [1.54, 1.807) is 0 Å². The van der Waals surface area contributed by atoms with E-state index in [1.807, 2.05) is 0 Å². The Morgan fingerprint density at radius 2 is 1.33 bits per heavy atom. The fourth-order valence-electron chi connectivity index (χ4n) is 3.29. The zero-order valence-electron chi connectivity index (χ0n) is 16.6. The first-order valence-electron chi connectivity index (χ1n) is 8.85. The van der Waals surface area contributed by atoms with Crippen molar-refractivity contribution in [2.45, 2.75) is 80.2 Å². The molecule has 0 N–H and O–H groups in total. The molecule has 0 aliphatic rings. The predicted molar refractivity (Wildman–Crippen MR) is 100 cm³/mol. The monoisotopic (exact) mass is 507 g/mol. The fourth-order valence-corrected chi connectivity index (χ4v) is 3.29. The second kappa shape index (κ2) is 8.00. The van der Waals surface area contributed by atoms with E-state index < -0.39 is 0 Å². The number of benzene rings is 1. The van der Waals surface area contributed by atoms with Crippen LogP contribution in [0.5, 0.6) is 0 Å². The molecule has 0 aliphatic carbocycles. The topological polar surface area (TPSA) is 17.8 Å². The third-order valence-electron chi connectivity index (χ3n) is 4.77. The summed E-state index contributed by atoms with van der Waals surface area (Å²) in [5.41, 5.74) is 9.39. The van der Waals surface area contributed by atoms with Gasteiger partial charge in [0.2, 0.25) is 0 Å². The number of rotatable bonds is 4. The van der Waals surface area contributed by atoms with Gasteiger partial charge < -0.3 is 0 Å². The third-order valence-corrected chi connectivity index (χ3v) is 4.77. The van der Waals surface area contributed by atoms with Crippen molar-refractivity contribution in [1.82, 2.24) is 9.78 Å². The molecule has 0 bridgehead atoms. The van der Waals surface area contributed by atoms with Crippen molar-refractivity contribution >= 4 is 0 Å². The number of hydrogen-bond acceptors (Lipinski definition) is 1. The van der Waals surface area contributed by atoms with Crippen LogP contribution in [0.15, 0.2) is 12.1 Å². The Balaban J connectivity index is 0.00000288. The van der Waals surface area contributed by atoms with Crippen molar-refractivity contribution in [3.63, 3.8) is 0 Å². The van der Waals surface area contributed by atoms with Crippen LogP contribution in [-0.4, -0.2) is 9.78 Å². The van der Waals surface area contributed by atoms with Gasteiger partial charge >= 0.3 is 0 Å². The molecule has 0 fully saturated rings. The minimum absolute atomic E-state index is 0. The first-order chi connectivity index (χ1) is 10.6. The van der Waals surface area contributed by atoms with Gasteiger partial charge in [0.25, 0.3) is 0 Å². The van der Waals surface area contributed by atoms with Crippen LogP contribution < -0.4 is 0 Å². The molecule has 1 heterocycles. The normalized spacial score (nSPS) is 11.5. The minimum atomic E-state index is 0. The van der Waals surface area contributed by atoms with E-state index in [0.717, 1.165) is 0 Å². The van der Waals surface area contributed by atoms with Crippen molar-refractivity contribution < 1.29 is 21.1 Å². The van der Waals surface area contributed by atoms with Gasteiger partial charge in [0, 0.05) is 38.4 Å². The van der Waals surface area contributed by atoms with Crippen molar-refractivity contribution in [3.8, 4) is 11.1 Å². The van der Waals surface area contributed by atoms with Crippen LogP contribution in [0.4, 0.5) is 0 Å². The van der Waals surface area contributed by atoms with Crippen LogP contribution in [0.3, 0.4) is 0 Å². The molecule has 0 unspecified atom stereocenters. The average Bonchev–Trinajstić information content (AvgIpc) is 2.85. The van der Waals surface area contributed by atoms with E-state index in [9.17, 15) is 0 Å². The van der Waals surface area contributed by atoms with Gasteiger partial charge in [-0.25, -0.2) is 0 Å². The smallest absolute Gasteiger partial charge is 0.0731 e. The summed E-state index contributed by atoms with van der Waals surface area (Å²) in [7, 11) is 0. The van der Waals surface area contributed by atoms with E-state index >= 15 is 0 Å². The first kappa shape index (κ1) is 21.2. The molecule has 3 heteroatoms. The van der Waals surface area contributed by atoms with Gasteiger partial charge in [0.1, 0.15) is 0 Å². The Morgan fingerprint density at radius 1 is 0.833 bits per heavy atom. The minimum Gasteiger partial charge on any atom is -0.266 e. The van der Waals surface area contributed by atoms with Gasteiger partial charge in [-0.05, 0) is 68.7 Å². The van der Waals surface area contributed by atoms with Crippen LogP contribution in [-0.2, 0) is 21.1 Å². The molecule has 2 rings (SSSR count). The van der Waals surface area contributed by atoms with Crippen LogP contribution in [0.2, 0.25) is 0 Å². The van der Waals surface area contributed by atoms with Gasteiger partial charge in [-0.15, -0.1) is 0 Å². The molecule has 0 saturated heterocycles. The van der Waals surface area contributed by atoms with Crippen LogP contribution in [0, 0.1) is 20.8 Å². The molecule has 0 aliphatic heterocycles. The molecule has 1 aromatic heterocycles. The molecule has 0 atom stereocenters. The van der Waals surface area contributed by atoms with E-state index in [1.165, 1.54) is 39.2 Å². The van der Waals surface area contributed by atoms with Gasteiger partial charge in [0.15, 0.2) is 0 Å². The molecular formula is C21H32N2Pt. The molecule has 2 aromatic rings. The Kier molecular flexibility index (Phi) is 7.05. The summed E-state index contributed by atoms with van der Waals surface area (Å²) in [6, 6.07) is 5.05. The maximum absolute atomic E-state index is 5.01. The molecule has 1 aromatic carbocycles. The summed E-state index contributed by atoms with van der Waals surface area (Å²) in [4.78, 5) is 0. The third kappa shape index (κ3) is 3.85. The Labute approximate surface area is 162 Å². The van der Waals surface area contributed by atoms with Crippen LogP contribution in [0.25, 0.3) is 11.1 Å². The number of aromatic nitrogens is 2. The quantitative estimate of drug-likeness (QED) is 0.475. The van der Waals surface area contributed by atoms with Crippen LogP contribution in [0.1, 0.15) is 87.5 Å². The van der Waals surface area contributed by atoms with Crippen LogP contribution >= 0.6 is 0 Å². The molecule has 0 radical (unpaired) electrons. The van der Waals surface area contributed by atoms with Gasteiger partial charge in [-0.3, -0.25) is 4.68 Å². The summed E-state index contributed by atoms with van der Waals surface area (Å²) in [6.07, 6.45) is 0. The molecule has 0 spiro atoms. The standard InChI is InChI=1S/C21H32N2.Pt/c1-12(2)20-19(18-10-15(7)17(9)16(8)11-18)21(13(3)4)23(22-20)14(5)6;/h10-14H,1-9H3;. The molecule has 0 amide bonds. The second-order valence-electron chi connectivity index (χ2n) is 7.73. The zero-order chi connectivity index (χ0) is 17.5. The Hall–Kier alpha value is -0.882. The number of aryl methyl sites for hydroxylation is 2. The summed E-state index contributed by atoms with van der Waals surface area (Å²) in [5.74, 6) is 0.874. The van der Waals surface area contributed by atoms with Gasteiger partial charge in [0.05, 0.1) is 5.69 Å². The maximum atomic E-state index is 5.01. The zero-order valence-corrected chi connectivity index (χ0v) is 18.9. The summed E-state index contributed by atoms with van der Waals surface area (Å²) in [6.45, 7) is 20.1. The van der Waals surface area contributed by atoms with Crippen molar-refractivity contribution in [2.75, 3.05) is 0 Å². The molecule has 24 heavy (non-hydrogen) atoms. The second-order valence-corrected chi connectivity index (χ2v) is 7.73. The van der Waals surface area contributed by atoms with Crippen molar-refractivity contribution in [1.29, 1.82) is 0 Å². The summed E-state index contributed by atoms with van der Waals surface area (Å²) >= 11 is 0. The molecule has 0 saturated carbocycles. The van der Waals surface area contributed by atoms with E-state index in [2.05, 4.69) is 79.1 Å². The van der Waals surface area contributed by atoms with Gasteiger partial charge in [-0.1, -0.05) is 39.8 Å². The first-order valence-corrected chi connectivity index (χ1v) is 8.85. The van der Waals surface area contributed by atoms with Gasteiger partial charge in [-0.2, -0.15) is 5.10 Å². The molecule has 2 nitrogen and oxygen atoms in total. The maximum Gasteiger partial charge on any atom is 0.0731 e. The van der Waals surface area contributed by atoms with E-state index in [-0.39, 0.29) is 21.1 Å². The van der Waals surface area contributed by atoms with E-state index in [4.69, 9.17) is 5.10 Å². The fraction of sp³-hybridized carbons (Fsp3) is 0.571. The largest absolute Gasteiger partial charge is 0.266 e. The number of hydrogen-bond donors (Lipinski definition) is 0. The molecular weight excluding hydrogens is 475 g/mol. The molecule has 136 valence electrons. The number of nitrogens with zero attached hydrogens (tertiary/aromatic N) is 2. The Morgan fingerprint density at radius 3 is 1.71 bits per heavy atom. The SMILES string of the molecule is Cc1cc(-c2c(C(C)C)nn(C(C)C)c2C(C)C)cc(C)c1C.[Pt]. The summed E-state index contributed by atoms with van der Waals surface area (Å²) in [5, 5.41) is 5.01. The Bertz CT molecular complexity index is 686.